The van der Waals surface area contributed by atoms with E-state index in [1.165, 1.54) is 22.1 Å². The van der Waals surface area contributed by atoms with Gasteiger partial charge in [0.2, 0.25) is 11.8 Å². The van der Waals surface area contributed by atoms with Gasteiger partial charge in [0.25, 0.3) is 0 Å². The van der Waals surface area contributed by atoms with E-state index in [-0.39, 0.29) is 35.5 Å². The van der Waals surface area contributed by atoms with E-state index in [1.54, 1.807) is 19.2 Å². The Kier molecular flexibility index (Phi) is 7.03. The molecular formula is C25H31BClNO5. The molecule has 2 N–H and O–H groups in total. The lowest BCUT2D eigenvalue weighted by Gasteiger charge is -2.43. The van der Waals surface area contributed by atoms with Crippen molar-refractivity contribution in [3.63, 3.8) is 0 Å². The van der Waals surface area contributed by atoms with Crippen molar-refractivity contribution in [3.8, 4) is 5.75 Å². The molecule has 0 saturated carbocycles. The molecule has 4 rings (SSSR count). The van der Waals surface area contributed by atoms with Crippen molar-refractivity contribution in [2.24, 2.45) is 17.8 Å². The predicted molar refractivity (Wildman–Crippen MR) is 128 cm³/mol. The van der Waals surface area contributed by atoms with Crippen LogP contribution in [0.5, 0.6) is 5.75 Å². The smallest absolute Gasteiger partial charge is 0.455 e. The second-order valence-corrected chi connectivity index (χ2v) is 9.71. The highest BCUT2D eigenvalue weighted by atomic mass is 35.5. The first-order chi connectivity index (χ1) is 15.7. The van der Waals surface area contributed by atoms with Crippen molar-refractivity contribution in [1.29, 1.82) is 0 Å². The van der Waals surface area contributed by atoms with E-state index in [2.05, 4.69) is 13.8 Å². The van der Waals surface area contributed by atoms with Gasteiger partial charge in [-0.1, -0.05) is 42.7 Å². The molecule has 1 aliphatic carbocycles. The summed E-state index contributed by atoms with van der Waals surface area (Å²) in [5, 5.41) is 20.6. The topological polar surface area (TPSA) is 87.1 Å². The Labute approximate surface area is 200 Å². The summed E-state index contributed by atoms with van der Waals surface area (Å²) in [5.41, 5.74) is 4.35. The number of phenolic OH excluding ortho intramolecular Hbond substituents is 1. The summed E-state index contributed by atoms with van der Waals surface area (Å²) < 4.78 is 6.01. The average molecular weight is 472 g/mol. The Morgan fingerprint density at radius 2 is 2.03 bits per heavy atom. The number of hydrogen-bond acceptors (Lipinski definition) is 5. The van der Waals surface area contributed by atoms with Gasteiger partial charge in [-0.15, -0.1) is 0 Å². The highest BCUT2D eigenvalue weighted by Crippen LogP contribution is 2.51. The van der Waals surface area contributed by atoms with Crippen LogP contribution in [0, 0.1) is 17.8 Å². The van der Waals surface area contributed by atoms with Crippen molar-refractivity contribution < 1.29 is 24.4 Å². The molecule has 6 nitrogen and oxygen atoms in total. The van der Waals surface area contributed by atoms with Gasteiger partial charge in [-0.2, -0.15) is 0 Å². The summed E-state index contributed by atoms with van der Waals surface area (Å²) in [6.07, 6.45) is 5.76. The molecule has 0 unspecified atom stereocenters. The summed E-state index contributed by atoms with van der Waals surface area (Å²) in [6.45, 7) is 4.16. The molecule has 0 spiro atoms. The molecule has 3 aliphatic rings. The number of benzene rings is 1. The molecule has 0 radical (unpaired) electrons. The van der Waals surface area contributed by atoms with Gasteiger partial charge in [0.15, 0.2) is 0 Å². The van der Waals surface area contributed by atoms with E-state index in [0.29, 0.717) is 24.2 Å². The van der Waals surface area contributed by atoms with Gasteiger partial charge in [-0.3, -0.25) is 14.5 Å². The number of rotatable bonds is 6. The number of halogens is 1. The van der Waals surface area contributed by atoms with Crippen LogP contribution in [0.3, 0.4) is 0 Å². The highest BCUT2D eigenvalue weighted by molar-refractivity contribution is 6.43. The molecule has 2 amide bonds. The van der Waals surface area contributed by atoms with Crippen LogP contribution < -0.4 is 0 Å². The zero-order valence-electron chi connectivity index (χ0n) is 19.4. The maximum absolute atomic E-state index is 12.9. The molecule has 176 valence electrons. The molecule has 1 aromatic carbocycles. The van der Waals surface area contributed by atoms with Crippen molar-refractivity contribution in [2.75, 3.05) is 7.05 Å². The quantitative estimate of drug-likeness (QED) is 0.363. The van der Waals surface area contributed by atoms with Gasteiger partial charge in [-0.25, -0.2) is 0 Å². The monoisotopic (exact) mass is 471 g/mol. The maximum Gasteiger partial charge on any atom is 0.455 e. The van der Waals surface area contributed by atoms with Crippen molar-refractivity contribution >= 4 is 36.6 Å². The minimum atomic E-state index is -0.949. The molecule has 2 heterocycles. The first kappa shape index (κ1) is 24.1. The summed E-state index contributed by atoms with van der Waals surface area (Å²) in [4.78, 5) is 26.9. The van der Waals surface area contributed by atoms with Crippen LogP contribution in [0.2, 0.25) is 11.3 Å². The fourth-order valence-corrected chi connectivity index (χ4v) is 6.01. The van der Waals surface area contributed by atoms with Crippen LogP contribution in [0.25, 0.3) is 6.08 Å². The van der Waals surface area contributed by atoms with Gasteiger partial charge in [0.1, 0.15) is 5.75 Å². The summed E-state index contributed by atoms with van der Waals surface area (Å²) in [6, 6.07) is 4.94. The Morgan fingerprint density at radius 3 is 2.70 bits per heavy atom. The highest BCUT2D eigenvalue weighted by Gasteiger charge is 2.56. The molecule has 0 aromatic heterocycles. The van der Waals surface area contributed by atoms with Crippen molar-refractivity contribution in [3.05, 3.63) is 45.5 Å². The number of carbonyl (C=O) groups is 2. The third kappa shape index (κ3) is 4.51. The predicted octanol–water partition coefficient (Wildman–Crippen LogP) is 4.46. The molecule has 33 heavy (non-hydrogen) atoms. The van der Waals surface area contributed by atoms with E-state index < -0.39 is 13.0 Å². The lowest BCUT2D eigenvalue weighted by Crippen LogP contribution is -2.46. The Balaban J connectivity index is 1.60. The third-order valence-electron chi connectivity index (χ3n) is 7.48. The first-order valence-electron chi connectivity index (χ1n) is 11.8. The second kappa shape index (κ2) is 9.65. The largest absolute Gasteiger partial charge is 0.508 e. The number of amides is 2. The zero-order valence-corrected chi connectivity index (χ0v) is 20.1. The second-order valence-electron chi connectivity index (χ2n) is 9.31. The van der Waals surface area contributed by atoms with Crippen molar-refractivity contribution in [1.82, 2.24) is 4.90 Å². The Bertz CT molecular complexity index is 1020. The zero-order chi connectivity index (χ0) is 23.9. The van der Waals surface area contributed by atoms with Gasteiger partial charge >= 0.3 is 7.12 Å². The number of likely N-dealkylation sites (tertiary alicyclic amines) is 1. The molecule has 1 aromatic rings. The third-order valence-corrected chi connectivity index (χ3v) is 7.81. The lowest BCUT2D eigenvalue weighted by molar-refractivity contribution is -0.138. The molecule has 2 aliphatic heterocycles. The minimum Gasteiger partial charge on any atom is -0.508 e. The van der Waals surface area contributed by atoms with Crippen LogP contribution in [-0.2, 0) is 14.2 Å². The molecular weight excluding hydrogens is 441 g/mol. The van der Waals surface area contributed by atoms with Gasteiger partial charge in [0.05, 0.1) is 23.0 Å². The lowest BCUT2D eigenvalue weighted by atomic mass is 9.58. The number of phenols is 1. The number of aromatic hydroxyl groups is 1. The normalized spacial score (nSPS) is 27.8. The Hall–Kier alpha value is -2.09. The first-order valence-corrected chi connectivity index (χ1v) is 12.2. The molecule has 0 bridgehead atoms. The van der Waals surface area contributed by atoms with Gasteiger partial charge in [0, 0.05) is 7.05 Å². The number of imide groups is 1. The van der Waals surface area contributed by atoms with Crippen LogP contribution in [0.4, 0.5) is 0 Å². The number of nitrogens with zero attached hydrogens (tertiary/aromatic N) is 1. The number of carbonyl (C=O) groups excluding carboxylic acids is 2. The molecule has 4 atom stereocenters. The van der Waals surface area contributed by atoms with E-state index in [9.17, 15) is 19.7 Å². The van der Waals surface area contributed by atoms with Crippen LogP contribution in [0.1, 0.15) is 51.5 Å². The van der Waals surface area contributed by atoms with Gasteiger partial charge in [-0.05, 0) is 73.7 Å². The van der Waals surface area contributed by atoms with Gasteiger partial charge < -0.3 is 14.8 Å². The summed E-state index contributed by atoms with van der Waals surface area (Å²) >= 11 is 6.28. The fraction of sp³-hybridized carbons (Fsp3) is 0.520. The van der Waals surface area contributed by atoms with E-state index in [1.807, 2.05) is 6.08 Å². The van der Waals surface area contributed by atoms with Crippen LogP contribution >= 0.6 is 11.6 Å². The Morgan fingerprint density at radius 1 is 1.27 bits per heavy atom. The van der Waals surface area contributed by atoms with Crippen molar-refractivity contribution in [2.45, 2.75) is 58.4 Å². The SMILES string of the molecule is CCC1=C2[C@@H](CC/C(=C/c3ccc(O)cc3Cl)CC)OB(O)C[C@@H]2[C@@H]2C(=O)N(C)C(=O)[C@@H]2C1. The maximum atomic E-state index is 12.9. The standard InChI is InChI=1S/C25H31BClNO5/c1-4-14(10-16-7-8-17(29)12-20(16)27)6-9-21-22-15(5-2)11-18-23(19(22)13-26(32)33-21)25(31)28(3)24(18)30/h7-8,10,12,18-19,21,23,29,32H,4-6,9,11,13H2,1-3H3/b14-10+/t18-,19+,21-,23-/m1/s1. The van der Waals surface area contributed by atoms with E-state index >= 15 is 0 Å². The summed E-state index contributed by atoms with van der Waals surface area (Å²) in [7, 11) is 0.615. The number of hydrogen-bond donors (Lipinski definition) is 2. The molecule has 8 heteroatoms. The summed E-state index contributed by atoms with van der Waals surface area (Å²) in [5.74, 6) is -0.979. The van der Waals surface area contributed by atoms with Crippen LogP contribution in [0.15, 0.2) is 34.9 Å². The van der Waals surface area contributed by atoms with E-state index in [0.717, 1.165) is 30.4 Å². The van der Waals surface area contributed by atoms with E-state index in [4.69, 9.17) is 16.3 Å². The van der Waals surface area contributed by atoms with Crippen LogP contribution in [-0.4, -0.2) is 47.1 Å². The average Bonchev–Trinajstić information content (AvgIpc) is 3.00. The molecule has 2 fully saturated rings. The number of allylic oxidation sites excluding steroid dienone is 2. The number of fused-ring (bicyclic) bond motifs is 3. The minimum absolute atomic E-state index is 0.102. The fourth-order valence-electron chi connectivity index (χ4n) is 5.78. The molecule has 2 saturated heterocycles.